The normalized spacial score (nSPS) is 50.9. The van der Waals surface area contributed by atoms with Crippen LogP contribution in [0, 0.1) is 92.7 Å². The van der Waals surface area contributed by atoms with E-state index in [4.69, 9.17) is 9.84 Å². The van der Waals surface area contributed by atoms with Gasteiger partial charge in [0, 0.05) is 12.8 Å². The summed E-state index contributed by atoms with van der Waals surface area (Å²) in [4.78, 5) is 22.7. The molecule has 0 spiro atoms. The molecule has 20 atom stereocenters. The molecule has 8 saturated carbocycles. The molecule has 326 valence electrons. The largest absolute Gasteiger partial charge is 0.481 e. The number of ether oxygens (including phenoxy) is 1. The summed E-state index contributed by atoms with van der Waals surface area (Å²) in [6.45, 7) is 14.4. The predicted octanol–water partition coefficient (Wildman–Crippen LogP) is 9.04. The standard InChI is InChI=1S/C25H42O4.C24H40O4/c1-15(5-8-23(28)29-4)18-6-7-19-17-14-22(27)21-13-16(26)9-11-25(21,3)20(17)10-12-24(18,19)2;1-14(4-7-22(27)28)17-5-6-18-16-13-21(26)20-12-15(25)8-10-24(20,3)19(16)9-11-23(17,18)2/h15-22,26-27H,5-14H2,1-4H3;14-21,25-26H,4-13H2,1-3H3,(H,27,28)/t15-,16-,17?,18-,19?,20?,21+,22+,24-,25-;14-,15-,16?,17-,18?,19?,20+,21+,23-,24-/m11/s1. The molecular formula is C49H82O8. The summed E-state index contributed by atoms with van der Waals surface area (Å²) < 4.78 is 4.86. The molecule has 0 aromatic rings. The van der Waals surface area contributed by atoms with E-state index >= 15 is 0 Å². The maximum atomic E-state index is 11.6. The fourth-order valence-electron chi connectivity index (χ4n) is 17.7. The number of fused-ring (bicyclic) bond motifs is 10. The van der Waals surface area contributed by atoms with E-state index in [9.17, 15) is 30.0 Å². The second-order valence-electron chi connectivity index (χ2n) is 22.9. The van der Waals surface area contributed by atoms with Gasteiger partial charge in [-0.15, -0.1) is 0 Å². The monoisotopic (exact) mass is 799 g/mol. The molecule has 8 rings (SSSR count). The number of hydrogen-bond acceptors (Lipinski definition) is 7. The number of hydrogen-bond donors (Lipinski definition) is 5. The maximum Gasteiger partial charge on any atom is 0.305 e. The molecule has 0 saturated heterocycles. The molecule has 0 heterocycles. The summed E-state index contributed by atoms with van der Waals surface area (Å²) in [7, 11) is 1.48. The molecule has 8 aliphatic carbocycles. The molecular weight excluding hydrogens is 717 g/mol. The summed E-state index contributed by atoms with van der Waals surface area (Å²) in [5.74, 6) is 6.04. The highest BCUT2D eigenvalue weighted by Gasteiger charge is 2.64. The zero-order valence-corrected chi connectivity index (χ0v) is 36.8. The van der Waals surface area contributed by atoms with Crippen molar-refractivity contribution in [3.8, 4) is 0 Å². The lowest BCUT2D eigenvalue weighted by atomic mass is 9.43. The summed E-state index contributed by atoms with van der Waals surface area (Å²) in [5, 5.41) is 51.7. The molecule has 0 aromatic carbocycles. The first kappa shape index (κ1) is 43.9. The fourth-order valence-corrected chi connectivity index (χ4v) is 17.7. The Labute approximate surface area is 345 Å². The average molecular weight is 799 g/mol. The quantitative estimate of drug-likeness (QED) is 0.153. The van der Waals surface area contributed by atoms with Gasteiger partial charge in [-0.1, -0.05) is 41.5 Å². The molecule has 0 radical (unpaired) electrons. The van der Waals surface area contributed by atoms with Crippen LogP contribution in [0.5, 0.6) is 0 Å². The lowest BCUT2D eigenvalue weighted by molar-refractivity contribution is -0.172. The van der Waals surface area contributed by atoms with Crippen LogP contribution in [0.25, 0.3) is 0 Å². The summed E-state index contributed by atoms with van der Waals surface area (Å²) in [6, 6.07) is 0. The number of rotatable bonds is 8. The third kappa shape index (κ3) is 7.70. The number of esters is 1. The van der Waals surface area contributed by atoms with E-state index in [-0.39, 0.29) is 59.5 Å². The Balaban J connectivity index is 0.000000174. The van der Waals surface area contributed by atoms with Crippen molar-refractivity contribution >= 4 is 11.9 Å². The van der Waals surface area contributed by atoms with Crippen molar-refractivity contribution in [2.45, 2.75) is 194 Å². The van der Waals surface area contributed by atoms with E-state index in [0.717, 1.165) is 64.2 Å². The van der Waals surface area contributed by atoms with Gasteiger partial charge < -0.3 is 30.3 Å². The van der Waals surface area contributed by atoms with Crippen LogP contribution in [0.4, 0.5) is 0 Å². The number of carboxylic acid groups (broad SMARTS) is 1. The van der Waals surface area contributed by atoms with Crippen LogP contribution in [0.15, 0.2) is 0 Å². The Hall–Kier alpha value is -1.22. The van der Waals surface area contributed by atoms with E-state index in [1.165, 1.54) is 58.5 Å². The van der Waals surface area contributed by atoms with Gasteiger partial charge in [-0.25, -0.2) is 0 Å². The Morgan fingerprint density at radius 1 is 0.544 bits per heavy atom. The molecule has 57 heavy (non-hydrogen) atoms. The van der Waals surface area contributed by atoms with E-state index in [0.29, 0.717) is 76.4 Å². The van der Waals surface area contributed by atoms with Crippen LogP contribution < -0.4 is 0 Å². The third-order valence-electron chi connectivity index (χ3n) is 20.7. The fraction of sp³-hybridized carbons (Fsp3) is 0.959. The van der Waals surface area contributed by atoms with Crippen molar-refractivity contribution in [1.29, 1.82) is 0 Å². The summed E-state index contributed by atoms with van der Waals surface area (Å²) >= 11 is 0. The van der Waals surface area contributed by atoms with E-state index in [1.54, 1.807) is 0 Å². The number of aliphatic hydroxyl groups is 4. The van der Waals surface area contributed by atoms with Gasteiger partial charge in [0.25, 0.3) is 0 Å². The van der Waals surface area contributed by atoms with Crippen LogP contribution in [0.3, 0.4) is 0 Å². The molecule has 8 aliphatic rings. The van der Waals surface area contributed by atoms with Gasteiger partial charge in [-0.05, 0) is 208 Å². The Morgan fingerprint density at radius 3 is 1.33 bits per heavy atom. The average Bonchev–Trinajstić information content (AvgIpc) is 3.71. The van der Waals surface area contributed by atoms with Gasteiger partial charge in [0.2, 0.25) is 0 Å². The van der Waals surface area contributed by atoms with Crippen molar-refractivity contribution in [3.05, 3.63) is 0 Å². The molecule has 8 fully saturated rings. The van der Waals surface area contributed by atoms with Crippen molar-refractivity contribution in [2.24, 2.45) is 92.7 Å². The van der Waals surface area contributed by atoms with Crippen LogP contribution >= 0.6 is 0 Å². The van der Waals surface area contributed by atoms with Gasteiger partial charge in [0.1, 0.15) is 0 Å². The van der Waals surface area contributed by atoms with Crippen LogP contribution in [-0.4, -0.2) is 69.0 Å². The molecule has 6 unspecified atom stereocenters. The highest BCUT2D eigenvalue weighted by atomic mass is 16.5. The highest BCUT2D eigenvalue weighted by Crippen LogP contribution is 2.70. The van der Waals surface area contributed by atoms with Crippen molar-refractivity contribution in [3.63, 3.8) is 0 Å². The second kappa shape index (κ2) is 16.6. The molecule has 0 aromatic heterocycles. The first-order chi connectivity index (χ1) is 26.9. The zero-order valence-electron chi connectivity index (χ0n) is 36.8. The van der Waals surface area contributed by atoms with Crippen molar-refractivity contribution < 1.29 is 39.9 Å². The molecule has 8 heteroatoms. The van der Waals surface area contributed by atoms with Crippen LogP contribution in [0.2, 0.25) is 0 Å². The molecule has 8 nitrogen and oxygen atoms in total. The lowest BCUT2D eigenvalue weighted by Crippen LogP contribution is -2.58. The minimum absolute atomic E-state index is 0.0888. The van der Waals surface area contributed by atoms with Crippen molar-refractivity contribution in [2.75, 3.05) is 7.11 Å². The van der Waals surface area contributed by atoms with Gasteiger partial charge in [-0.2, -0.15) is 0 Å². The lowest BCUT2D eigenvalue weighted by Gasteiger charge is -2.62. The summed E-state index contributed by atoms with van der Waals surface area (Å²) in [6.07, 6.45) is 18.9. The number of carboxylic acids is 1. The zero-order chi connectivity index (χ0) is 41.2. The second-order valence-corrected chi connectivity index (χ2v) is 22.9. The molecule has 0 bridgehead atoms. The Morgan fingerprint density at radius 2 is 0.930 bits per heavy atom. The molecule has 5 N–H and O–H groups in total. The molecule has 0 amide bonds. The summed E-state index contributed by atoms with van der Waals surface area (Å²) in [5.41, 5.74) is 1.01. The number of carbonyl (C=O) groups excluding carboxylic acids is 1. The highest BCUT2D eigenvalue weighted by molar-refractivity contribution is 5.69. The number of aliphatic carboxylic acids is 1. The SMILES string of the molecule is COC(=O)CC[C@@H](C)[C@H]1CCC2C3C[C@H](O)[C@@H]4C[C@H](O)CC[C@]4(C)C3CC[C@@]21C.C[C@H](CCC(=O)O)[C@H]1CCC2C3C[C@H](O)[C@@H]4C[C@H](O)CC[C@]4(C)C3CC[C@@]21C. The number of methoxy groups -OCH3 is 1. The Bertz CT molecular complexity index is 1440. The maximum absolute atomic E-state index is 11.6. The minimum Gasteiger partial charge on any atom is -0.481 e. The number of aliphatic hydroxyl groups excluding tert-OH is 4. The van der Waals surface area contributed by atoms with Crippen molar-refractivity contribution in [1.82, 2.24) is 0 Å². The number of carbonyl (C=O) groups is 2. The molecule has 0 aliphatic heterocycles. The third-order valence-corrected chi connectivity index (χ3v) is 20.7. The van der Waals surface area contributed by atoms with E-state index < -0.39 is 5.97 Å². The Kier molecular flexibility index (Phi) is 12.8. The van der Waals surface area contributed by atoms with Crippen LogP contribution in [0.1, 0.15) is 170 Å². The first-order valence-electron chi connectivity index (χ1n) is 23.9. The predicted molar refractivity (Wildman–Crippen MR) is 222 cm³/mol. The van der Waals surface area contributed by atoms with Gasteiger partial charge in [-0.3, -0.25) is 9.59 Å². The van der Waals surface area contributed by atoms with Crippen LogP contribution in [-0.2, 0) is 14.3 Å². The van der Waals surface area contributed by atoms with Gasteiger partial charge in [0.05, 0.1) is 31.5 Å². The van der Waals surface area contributed by atoms with E-state index in [2.05, 4.69) is 41.5 Å². The first-order valence-corrected chi connectivity index (χ1v) is 23.9. The van der Waals surface area contributed by atoms with Gasteiger partial charge >= 0.3 is 11.9 Å². The van der Waals surface area contributed by atoms with E-state index in [1.807, 2.05) is 0 Å². The minimum atomic E-state index is -0.677. The topological polar surface area (TPSA) is 145 Å². The smallest absolute Gasteiger partial charge is 0.305 e. The van der Waals surface area contributed by atoms with Gasteiger partial charge in [0.15, 0.2) is 0 Å².